The van der Waals surface area contributed by atoms with Crippen molar-refractivity contribution in [2.24, 2.45) is 0 Å². The Labute approximate surface area is 194 Å². The second-order valence-corrected chi connectivity index (χ2v) is 8.54. The lowest BCUT2D eigenvalue weighted by Crippen LogP contribution is -2.28. The maximum Gasteiger partial charge on any atom is 0.267 e. The van der Waals surface area contributed by atoms with Gasteiger partial charge in [0.15, 0.2) is 5.16 Å². The number of carbonyl (C=O) groups excluding carboxylic acids is 1. The summed E-state index contributed by atoms with van der Waals surface area (Å²) in [6.07, 6.45) is 0. The van der Waals surface area contributed by atoms with Crippen LogP contribution in [0.4, 0.5) is 0 Å². The number of rotatable bonds is 6. The van der Waals surface area contributed by atoms with E-state index in [0.29, 0.717) is 27.5 Å². The van der Waals surface area contributed by atoms with Gasteiger partial charge in [-0.15, -0.1) is 10.2 Å². The largest absolute Gasteiger partial charge is 0.349 e. The molecule has 0 aliphatic heterocycles. The molecule has 0 spiro atoms. The van der Waals surface area contributed by atoms with Crippen molar-refractivity contribution < 1.29 is 4.79 Å². The Balaban J connectivity index is 1.49. The van der Waals surface area contributed by atoms with Crippen LogP contribution in [-0.2, 0) is 4.79 Å². The number of fused-ring (bicyclic) bond motifs is 3. The molecular weight excluding hydrogens is 434 g/mol. The van der Waals surface area contributed by atoms with Crippen molar-refractivity contribution in [1.29, 1.82) is 0 Å². The van der Waals surface area contributed by atoms with Crippen molar-refractivity contribution in [3.63, 3.8) is 0 Å². The fraction of sp³-hybridized carbons (Fsp3) is 0.120. The second kappa shape index (κ2) is 8.91. The minimum atomic E-state index is -0.164. The van der Waals surface area contributed by atoms with E-state index in [1.165, 1.54) is 11.8 Å². The first-order valence-electron chi connectivity index (χ1n) is 10.5. The highest BCUT2D eigenvalue weighted by Gasteiger charge is 2.19. The van der Waals surface area contributed by atoms with Gasteiger partial charge in [-0.1, -0.05) is 72.4 Å². The predicted octanol–water partition coefficient (Wildman–Crippen LogP) is 4.00. The van der Waals surface area contributed by atoms with Crippen molar-refractivity contribution in [3.8, 4) is 5.69 Å². The van der Waals surface area contributed by atoms with Crippen LogP contribution in [0.15, 0.2) is 94.9 Å². The number of amides is 1. The summed E-state index contributed by atoms with van der Waals surface area (Å²) in [6, 6.07) is 26.4. The zero-order chi connectivity index (χ0) is 22.8. The molecule has 0 aliphatic carbocycles. The van der Waals surface area contributed by atoms with E-state index in [1.807, 2.05) is 90.2 Å². The molecule has 0 aliphatic rings. The lowest BCUT2D eigenvalue weighted by atomic mass is 10.1. The molecule has 1 amide bonds. The summed E-state index contributed by atoms with van der Waals surface area (Å²) in [4.78, 5) is 25.9. The van der Waals surface area contributed by atoms with E-state index < -0.39 is 0 Å². The lowest BCUT2D eigenvalue weighted by molar-refractivity contribution is -0.119. The molecular formula is C25H21N5O2S. The van der Waals surface area contributed by atoms with Gasteiger partial charge >= 0.3 is 0 Å². The van der Waals surface area contributed by atoms with Crippen LogP contribution in [0, 0.1) is 0 Å². The van der Waals surface area contributed by atoms with Crippen LogP contribution < -0.4 is 10.9 Å². The fourth-order valence-electron chi connectivity index (χ4n) is 3.82. The van der Waals surface area contributed by atoms with Gasteiger partial charge in [0.1, 0.15) is 0 Å². The van der Waals surface area contributed by atoms with Crippen molar-refractivity contribution >= 4 is 34.3 Å². The van der Waals surface area contributed by atoms with Gasteiger partial charge in [-0.25, -0.2) is 4.57 Å². The van der Waals surface area contributed by atoms with Gasteiger partial charge in [-0.3, -0.25) is 14.0 Å². The zero-order valence-electron chi connectivity index (χ0n) is 17.9. The first-order chi connectivity index (χ1) is 16.1. The Bertz CT molecular complexity index is 1500. The Morgan fingerprint density at radius 1 is 0.939 bits per heavy atom. The number of hydrogen-bond donors (Lipinski definition) is 1. The van der Waals surface area contributed by atoms with E-state index in [1.54, 1.807) is 10.6 Å². The van der Waals surface area contributed by atoms with Crippen LogP contribution in [0.3, 0.4) is 0 Å². The van der Waals surface area contributed by atoms with Gasteiger partial charge in [0.25, 0.3) is 5.56 Å². The smallest absolute Gasteiger partial charge is 0.267 e. The normalized spacial score (nSPS) is 12.2. The summed E-state index contributed by atoms with van der Waals surface area (Å²) in [6.45, 7) is 1.95. The quantitative estimate of drug-likeness (QED) is 0.392. The third kappa shape index (κ3) is 4.01. The highest BCUT2D eigenvalue weighted by molar-refractivity contribution is 7.99. The third-order valence-corrected chi connectivity index (χ3v) is 6.35. The van der Waals surface area contributed by atoms with Gasteiger partial charge < -0.3 is 5.32 Å². The number of para-hydroxylation sites is 2. The molecule has 5 aromatic rings. The van der Waals surface area contributed by atoms with Crippen molar-refractivity contribution in [2.45, 2.75) is 18.1 Å². The van der Waals surface area contributed by atoms with Crippen LogP contribution in [0.1, 0.15) is 18.5 Å². The summed E-state index contributed by atoms with van der Waals surface area (Å²) < 4.78 is 3.39. The number of thioether (sulfide) groups is 1. The molecule has 1 N–H and O–H groups in total. The van der Waals surface area contributed by atoms with Gasteiger partial charge in [0.05, 0.1) is 28.4 Å². The van der Waals surface area contributed by atoms with Gasteiger partial charge in [0.2, 0.25) is 11.7 Å². The Morgan fingerprint density at radius 2 is 1.61 bits per heavy atom. The van der Waals surface area contributed by atoms with E-state index in [9.17, 15) is 9.59 Å². The van der Waals surface area contributed by atoms with E-state index in [0.717, 1.165) is 5.56 Å². The van der Waals surface area contributed by atoms with Crippen LogP contribution in [-0.4, -0.2) is 30.8 Å². The van der Waals surface area contributed by atoms with Crippen LogP contribution in [0.5, 0.6) is 0 Å². The number of nitrogens with one attached hydrogen (secondary N) is 1. The molecule has 0 unspecified atom stereocenters. The summed E-state index contributed by atoms with van der Waals surface area (Å²) in [7, 11) is 0. The van der Waals surface area contributed by atoms with Gasteiger partial charge in [0, 0.05) is 0 Å². The molecule has 5 rings (SSSR count). The Morgan fingerprint density at radius 3 is 2.36 bits per heavy atom. The minimum absolute atomic E-state index is 0.0986. The zero-order valence-corrected chi connectivity index (χ0v) is 18.7. The molecule has 0 fully saturated rings. The molecule has 0 saturated heterocycles. The molecule has 1 atom stereocenters. The van der Waals surface area contributed by atoms with E-state index in [4.69, 9.17) is 0 Å². The number of hydrogen-bond acceptors (Lipinski definition) is 5. The average molecular weight is 456 g/mol. The van der Waals surface area contributed by atoms with Gasteiger partial charge in [-0.05, 0) is 36.8 Å². The van der Waals surface area contributed by atoms with Crippen molar-refractivity contribution in [2.75, 3.05) is 5.75 Å². The first kappa shape index (κ1) is 21.0. The number of benzene rings is 3. The highest BCUT2D eigenvalue weighted by Crippen LogP contribution is 2.23. The number of carbonyl (C=O) groups is 1. The Hall–Kier alpha value is -3.91. The topological polar surface area (TPSA) is 81.3 Å². The molecule has 7 nitrogen and oxygen atoms in total. The number of nitrogens with zero attached hydrogens (tertiary/aromatic N) is 4. The second-order valence-electron chi connectivity index (χ2n) is 7.60. The lowest BCUT2D eigenvalue weighted by Gasteiger charge is -2.14. The van der Waals surface area contributed by atoms with E-state index in [-0.39, 0.29) is 23.3 Å². The summed E-state index contributed by atoms with van der Waals surface area (Å²) in [5.41, 5.74) is 2.29. The molecule has 33 heavy (non-hydrogen) atoms. The summed E-state index contributed by atoms with van der Waals surface area (Å²) in [5.74, 6) is 0.482. The maximum absolute atomic E-state index is 13.3. The minimum Gasteiger partial charge on any atom is -0.349 e. The summed E-state index contributed by atoms with van der Waals surface area (Å²) in [5, 5.41) is 12.8. The highest BCUT2D eigenvalue weighted by atomic mass is 32.2. The van der Waals surface area contributed by atoms with Gasteiger partial charge in [-0.2, -0.15) is 0 Å². The van der Waals surface area contributed by atoms with Crippen molar-refractivity contribution in [1.82, 2.24) is 24.5 Å². The van der Waals surface area contributed by atoms with Crippen LogP contribution >= 0.6 is 11.8 Å². The first-order valence-corrected chi connectivity index (χ1v) is 11.5. The van der Waals surface area contributed by atoms with E-state index in [2.05, 4.69) is 15.5 Å². The standard InChI is InChI=1S/C25H21N5O2S/c1-17(18-10-4-2-5-11-18)26-22(31)16-33-25-28-27-24-29(19-12-6-3-7-13-19)23(32)20-14-8-9-15-21(20)30(24)25/h2-15,17H,16H2,1H3,(H,26,31)/t17-/m0/s1. The SMILES string of the molecule is C[C@H](NC(=O)CSc1nnc2n(-c3ccccc3)c(=O)c3ccccc3n12)c1ccccc1. The molecule has 2 aromatic heterocycles. The molecule has 0 saturated carbocycles. The van der Waals surface area contributed by atoms with Crippen LogP contribution in [0.2, 0.25) is 0 Å². The number of aromatic nitrogens is 4. The van der Waals surface area contributed by atoms with Crippen molar-refractivity contribution in [3.05, 3.63) is 101 Å². The third-order valence-electron chi connectivity index (χ3n) is 5.42. The molecule has 2 heterocycles. The van der Waals surface area contributed by atoms with E-state index >= 15 is 0 Å². The maximum atomic E-state index is 13.3. The molecule has 3 aromatic carbocycles. The molecule has 0 radical (unpaired) electrons. The molecule has 164 valence electrons. The average Bonchev–Trinajstić information content (AvgIpc) is 3.28. The molecule has 8 heteroatoms. The Kier molecular flexibility index (Phi) is 5.66. The van der Waals surface area contributed by atoms with Crippen LogP contribution in [0.25, 0.3) is 22.4 Å². The monoisotopic (exact) mass is 455 g/mol. The predicted molar refractivity (Wildman–Crippen MR) is 130 cm³/mol. The summed E-state index contributed by atoms with van der Waals surface area (Å²) >= 11 is 1.29. The molecule has 0 bridgehead atoms. The fourth-order valence-corrected chi connectivity index (χ4v) is 4.57.